The lowest BCUT2D eigenvalue weighted by atomic mass is 10.2. The van der Waals surface area contributed by atoms with Crippen molar-refractivity contribution in [2.45, 2.75) is 4.90 Å². The van der Waals surface area contributed by atoms with E-state index < -0.39 is 15.9 Å². The molecule has 0 saturated carbocycles. The van der Waals surface area contributed by atoms with Crippen LogP contribution in [0.5, 0.6) is 0 Å². The summed E-state index contributed by atoms with van der Waals surface area (Å²) in [5, 5.41) is 0.196. The van der Waals surface area contributed by atoms with Crippen LogP contribution in [0.2, 0.25) is 5.02 Å². The highest BCUT2D eigenvalue weighted by Gasteiger charge is 2.35. The van der Waals surface area contributed by atoms with Gasteiger partial charge in [-0.1, -0.05) is 35.9 Å². The molecule has 2 aromatic carbocycles. The lowest BCUT2D eigenvalue weighted by Crippen LogP contribution is -2.31. The third-order valence-electron chi connectivity index (χ3n) is 4.30. The molecule has 1 fully saturated rings. The average molecular weight is 448 g/mol. The summed E-state index contributed by atoms with van der Waals surface area (Å²) in [6, 6.07) is 13.4. The second kappa shape index (κ2) is 7.66. The Morgan fingerprint density at radius 1 is 1.10 bits per heavy atom. The molecule has 0 aliphatic carbocycles. The third kappa shape index (κ3) is 3.93. The number of amides is 2. The van der Waals surface area contributed by atoms with Gasteiger partial charge >= 0.3 is 0 Å². The predicted octanol–water partition coefficient (Wildman–Crippen LogP) is 3.12. The van der Waals surface area contributed by atoms with Crippen LogP contribution in [0.1, 0.15) is 11.1 Å². The molecule has 2 aliphatic heterocycles. The Morgan fingerprint density at radius 3 is 2.59 bits per heavy atom. The molecule has 0 radical (unpaired) electrons. The Balaban J connectivity index is 1.47. The van der Waals surface area contributed by atoms with Gasteiger partial charge in [-0.2, -0.15) is 0 Å². The lowest BCUT2D eigenvalue weighted by Gasteiger charge is -2.10. The van der Waals surface area contributed by atoms with E-state index in [0.717, 1.165) is 22.2 Å². The van der Waals surface area contributed by atoms with E-state index in [2.05, 4.69) is 9.71 Å². The molecule has 10 heteroatoms. The monoisotopic (exact) mass is 447 g/mol. The number of aliphatic imine (C=N–C) groups is 1. The van der Waals surface area contributed by atoms with Crippen molar-refractivity contribution in [2.24, 2.45) is 4.99 Å². The molecule has 7 nitrogen and oxygen atoms in total. The summed E-state index contributed by atoms with van der Waals surface area (Å²) >= 11 is 6.71. The number of imide groups is 1. The van der Waals surface area contributed by atoms with Crippen LogP contribution < -0.4 is 4.72 Å². The van der Waals surface area contributed by atoms with Gasteiger partial charge in [0.1, 0.15) is 5.84 Å². The molecule has 148 valence electrons. The molecule has 4 rings (SSSR count). The lowest BCUT2D eigenvalue weighted by molar-refractivity contribution is -0.122. The number of carbonyl (C=O) groups excluding carboxylic acids is 2. The zero-order valence-electron chi connectivity index (χ0n) is 14.8. The van der Waals surface area contributed by atoms with Crippen molar-refractivity contribution in [1.29, 1.82) is 0 Å². The largest absolute Gasteiger partial charge is 0.293 e. The molecule has 0 spiro atoms. The van der Waals surface area contributed by atoms with Crippen molar-refractivity contribution >= 4 is 56.4 Å². The molecule has 29 heavy (non-hydrogen) atoms. The van der Waals surface area contributed by atoms with Crippen molar-refractivity contribution in [1.82, 2.24) is 9.62 Å². The van der Waals surface area contributed by atoms with Crippen LogP contribution in [0.25, 0.3) is 6.08 Å². The molecule has 0 bridgehead atoms. The summed E-state index contributed by atoms with van der Waals surface area (Å²) in [6.07, 6.45) is 1.63. The van der Waals surface area contributed by atoms with Crippen LogP contribution in [-0.4, -0.2) is 43.4 Å². The number of fused-ring (bicyclic) bond motifs is 1. The van der Waals surface area contributed by atoms with Crippen LogP contribution in [0.3, 0.4) is 0 Å². The van der Waals surface area contributed by atoms with Gasteiger partial charge in [0.05, 0.1) is 16.3 Å². The Hall–Kier alpha value is -2.62. The van der Waals surface area contributed by atoms with Crippen molar-refractivity contribution in [3.8, 4) is 0 Å². The number of hydrogen-bond donors (Lipinski definition) is 1. The number of nitrogens with one attached hydrogen (secondary N) is 1. The molecule has 2 amide bonds. The summed E-state index contributed by atoms with van der Waals surface area (Å²) in [7, 11) is -3.62. The van der Waals surface area contributed by atoms with Gasteiger partial charge in [-0.3, -0.25) is 24.2 Å². The first-order valence-electron chi connectivity index (χ1n) is 8.53. The van der Waals surface area contributed by atoms with Gasteiger partial charge in [-0.15, -0.1) is 0 Å². The Morgan fingerprint density at radius 2 is 1.83 bits per heavy atom. The van der Waals surface area contributed by atoms with E-state index in [9.17, 15) is 18.0 Å². The molecule has 0 unspecified atom stereocenters. The average Bonchev–Trinajstić information content (AvgIpc) is 3.11. The summed E-state index contributed by atoms with van der Waals surface area (Å²) in [6.45, 7) is 0.133. The number of nitrogens with zero attached hydrogens (tertiary/aromatic N) is 2. The Kier molecular flexibility index (Phi) is 5.20. The van der Waals surface area contributed by atoms with Crippen LogP contribution in [0.4, 0.5) is 4.79 Å². The zero-order valence-corrected chi connectivity index (χ0v) is 17.2. The highest BCUT2D eigenvalue weighted by atomic mass is 35.5. The SMILES string of the molecule is O=C1SC(=Cc2ccc(Cl)cc2)C(=O)N1CCN=C1NS(=O)(=O)c2ccccc21. The minimum atomic E-state index is -3.62. The minimum absolute atomic E-state index is 0.0516. The van der Waals surface area contributed by atoms with E-state index in [1.165, 1.54) is 6.07 Å². The second-order valence-electron chi connectivity index (χ2n) is 6.22. The topological polar surface area (TPSA) is 95.9 Å². The molecule has 0 aromatic heterocycles. The van der Waals surface area contributed by atoms with Gasteiger partial charge in [0.15, 0.2) is 0 Å². The number of sulfonamides is 1. The molecule has 2 aliphatic rings. The molecular weight excluding hydrogens is 434 g/mol. The number of carbonyl (C=O) groups is 2. The number of halogens is 1. The highest BCUT2D eigenvalue weighted by molar-refractivity contribution is 8.18. The standard InChI is InChI=1S/C19H14ClN3O4S2/c20-13-7-5-12(6-8-13)11-15-18(24)23(19(25)28-15)10-9-21-17-14-3-1-2-4-16(14)29(26,27)22-17/h1-8,11H,9-10H2,(H,21,22). The maximum Gasteiger partial charge on any atom is 0.293 e. The van der Waals surface area contributed by atoms with Crippen molar-refractivity contribution in [3.63, 3.8) is 0 Å². The number of hydrogen-bond acceptors (Lipinski definition) is 6. The van der Waals surface area contributed by atoms with E-state index in [-0.39, 0.29) is 29.1 Å². The first-order valence-corrected chi connectivity index (χ1v) is 11.2. The van der Waals surface area contributed by atoms with Gasteiger partial charge in [0, 0.05) is 17.1 Å². The van der Waals surface area contributed by atoms with Crippen molar-refractivity contribution in [3.05, 3.63) is 69.6 Å². The van der Waals surface area contributed by atoms with Crippen LogP contribution in [0.15, 0.2) is 63.3 Å². The van der Waals surface area contributed by atoms with Crippen LogP contribution in [-0.2, 0) is 14.8 Å². The van der Waals surface area contributed by atoms with Gasteiger partial charge < -0.3 is 0 Å². The van der Waals surface area contributed by atoms with Crippen molar-refractivity contribution < 1.29 is 18.0 Å². The van der Waals surface area contributed by atoms with Gasteiger partial charge in [0.2, 0.25) is 0 Å². The van der Waals surface area contributed by atoms with Crippen molar-refractivity contribution in [2.75, 3.05) is 13.1 Å². The molecule has 1 N–H and O–H groups in total. The maximum atomic E-state index is 12.5. The first-order chi connectivity index (χ1) is 13.8. The van der Waals surface area contributed by atoms with E-state index in [1.807, 2.05) is 0 Å². The fourth-order valence-electron chi connectivity index (χ4n) is 2.92. The number of rotatable bonds is 4. The second-order valence-corrected chi connectivity index (χ2v) is 9.30. The van der Waals surface area contributed by atoms with Gasteiger partial charge in [-0.05, 0) is 47.7 Å². The molecular formula is C19H14ClN3O4S2. The third-order valence-corrected chi connectivity index (χ3v) is 6.85. The van der Waals surface area contributed by atoms with E-state index in [1.54, 1.807) is 48.5 Å². The van der Waals surface area contributed by atoms with E-state index in [0.29, 0.717) is 15.5 Å². The van der Waals surface area contributed by atoms with Crippen LogP contribution >= 0.6 is 23.4 Å². The summed E-state index contributed by atoms with van der Waals surface area (Å²) in [4.78, 5) is 30.6. The Bertz CT molecular complexity index is 1170. The number of thioether (sulfide) groups is 1. The van der Waals surface area contributed by atoms with E-state index in [4.69, 9.17) is 11.6 Å². The fraction of sp³-hybridized carbons (Fsp3) is 0.105. The highest BCUT2D eigenvalue weighted by Crippen LogP contribution is 2.32. The van der Waals surface area contributed by atoms with Gasteiger partial charge in [-0.25, -0.2) is 8.42 Å². The molecule has 0 atom stereocenters. The number of benzene rings is 2. The van der Waals surface area contributed by atoms with E-state index >= 15 is 0 Å². The Labute approximate surface area is 176 Å². The molecule has 2 aromatic rings. The smallest absolute Gasteiger partial charge is 0.268 e. The summed E-state index contributed by atoms with van der Waals surface area (Å²) in [5.74, 6) is -0.188. The molecule has 2 heterocycles. The summed E-state index contributed by atoms with van der Waals surface area (Å²) < 4.78 is 26.6. The van der Waals surface area contributed by atoms with Gasteiger partial charge in [0.25, 0.3) is 21.2 Å². The zero-order chi connectivity index (χ0) is 20.6. The first kappa shape index (κ1) is 19.7. The quantitative estimate of drug-likeness (QED) is 0.726. The number of amidine groups is 1. The summed E-state index contributed by atoms with van der Waals surface area (Å²) in [5.41, 5.74) is 1.24. The minimum Gasteiger partial charge on any atom is -0.268 e. The van der Waals surface area contributed by atoms with Crippen LogP contribution in [0, 0.1) is 0 Å². The predicted molar refractivity (Wildman–Crippen MR) is 112 cm³/mol. The fourth-order valence-corrected chi connectivity index (χ4v) is 5.16. The maximum absolute atomic E-state index is 12.5. The molecule has 1 saturated heterocycles. The normalized spacial score (nSPS) is 20.4.